The fourth-order valence-electron chi connectivity index (χ4n) is 0.761. The van der Waals surface area contributed by atoms with Gasteiger partial charge < -0.3 is 10.8 Å². The van der Waals surface area contributed by atoms with Crippen molar-refractivity contribution in [3.05, 3.63) is 0 Å². The Morgan fingerprint density at radius 2 is 2.25 bits per heavy atom. The average molecular weight is 190 g/mol. The van der Waals surface area contributed by atoms with Gasteiger partial charge in [-0.05, 0) is 18.1 Å². The fraction of sp³-hybridized carbons (Fsp3) is 0.875. The van der Waals surface area contributed by atoms with E-state index in [1.807, 2.05) is 13.8 Å². The number of nitrogens with two attached hydrogens (primary N) is 1. The summed E-state index contributed by atoms with van der Waals surface area (Å²) in [6, 6.07) is 0. The molecule has 4 N–H and O–H groups in total. The van der Waals surface area contributed by atoms with Crippen molar-refractivity contribution in [1.82, 2.24) is 0 Å². The zero-order valence-electron chi connectivity index (χ0n) is 7.71. The van der Waals surface area contributed by atoms with Crippen molar-refractivity contribution in [3.8, 4) is 0 Å². The van der Waals surface area contributed by atoms with Crippen LogP contribution in [0.1, 0.15) is 20.3 Å². The van der Waals surface area contributed by atoms with Crippen LogP contribution in [0.15, 0.2) is 0 Å². The van der Waals surface area contributed by atoms with Crippen molar-refractivity contribution in [1.29, 1.82) is 5.41 Å². The lowest BCUT2D eigenvalue weighted by atomic mass is 10.2. The number of hydrogen-bond acceptors (Lipinski definition) is 3. The highest BCUT2D eigenvalue weighted by molar-refractivity contribution is 8.00. The number of aliphatic hydroxyl groups excluding tert-OH is 1. The first kappa shape index (κ1) is 11.8. The molecule has 12 heavy (non-hydrogen) atoms. The number of thioether (sulfide) groups is 1. The van der Waals surface area contributed by atoms with Crippen LogP contribution in [0.2, 0.25) is 0 Å². The van der Waals surface area contributed by atoms with E-state index in [1.54, 1.807) is 11.8 Å². The molecule has 0 rings (SSSR count). The van der Waals surface area contributed by atoms with Crippen LogP contribution in [0.5, 0.6) is 0 Å². The number of hydrogen-bond donors (Lipinski definition) is 3. The fourth-order valence-corrected chi connectivity index (χ4v) is 1.84. The Kier molecular flexibility index (Phi) is 6.20. The highest BCUT2D eigenvalue weighted by Crippen LogP contribution is 2.17. The molecule has 0 aromatic rings. The minimum Gasteiger partial charge on any atom is -0.396 e. The molecule has 0 heterocycles. The third-order valence-electron chi connectivity index (χ3n) is 1.61. The standard InChI is InChI=1S/C8H18N2OS/c1-3-7(8(9)10)12-5-6(2)4-11/h6-7,11H,3-5H2,1-2H3,(H3,9,10). The molecule has 0 aliphatic heterocycles. The predicted octanol–water partition coefficient (Wildman–Crippen LogP) is 1.06. The molecule has 0 saturated heterocycles. The third kappa shape index (κ3) is 4.62. The summed E-state index contributed by atoms with van der Waals surface area (Å²) in [5.41, 5.74) is 5.37. The van der Waals surface area contributed by atoms with Gasteiger partial charge in [0.15, 0.2) is 0 Å². The Balaban J connectivity index is 3.65. The van der Waals surface area contributed by atoms with Gasteiger partial charge in [-0.25, -0.2) is 0 Å². The van der Waals surface area contributed by atoms with Gasteiger partial charge in [-0.15, -0.1) is 0 Å². The molecule has 2 unspecified atom stereocenters. The molecule has 0 aromatic heterocycles. The van der Waals surface area contributed by atoms with Gasteiger partial charge >= 0.3 is 0 Å². The normalized spacial score (nSPS) is 15.6. The molecule has 2 atom stereocenters. The van der Waals surface area contributed by atoms with Crippen LogP contribution in [0, 0.1) is 11.3 Å². The summed E-state index contributed by atoms with van der Waals surface area (Å²) in [5, 5.41) is 16.1. The molecule has 0 spiro atoms. The molecule has 0 radical (unpaired) electrons. The molecule has 0 aliphatic rings. The van der Waals surface area contributed by atoms with Gasteiger partial charge in [0.25, 0.3) is 0 Å². The minimum atomic E-state index is 0.124. The maximum atomic E-state index is 8.76. The van der Waals surface area contributed by atoms with E-state index in [1.165, 1.54) is 0 Å². The lowest BCUT2D eigenvalue weighted by Gasteiger charge is -2.14. The molecule has 0 bridgehead atoms. The van der Waals surface area contributed by atoms with Crippen LogP contribution in [0.4, 0.5) is 0 Å². The second kappa shape index (κ2) is 6.31. The molecule has 0 aromatic carbocycles. The molecule has 0 saturated carbocycles. The zero-order chi connectivity index (χ0) is 9.56. The van der Waals surface area contributed by atoms with E-state index in [4.69, 9.17) is 16.2 Å². The number of amidine groups is 1. The summed E-state index contributed by atoms with van der Waals surface area (Å²) in [5.74, 6) is 1.41. The monoisotopic (exact) mass is 190 g/mol. The highest BCUT2D eigenvalue weighted by Gasteiger charge is 2.11. The molecule has 4 heteroatoms. The van der Waals surface area contributed by atoms with E-state index < -0.39 is 0 Å². The Morgan fingerprint density at radius 3 is 2.58 bits per heavy atom. The Bertz CT molecular complexity index is 141. The van der Waals surface area contributed by atoms with Crippen molar-refractivity contribution in [2.45, 2.75) is 25.5 Å². The van der Waals surface area contributed by atoms with Crippen molar-refractivity contribution < 1.29 is 5.11 Å². The number of rotatable bonds is 6. The van der Waals surface area contributed by atoms with Crippen molar-refractivity contribution in [3.63, 3.8) is 0 Å². The summed E-state index contributed by atoms with van der Waals surface area (Å²) >= 11 is 1.65. The second-order valence-corrected chi connectivity index (χ2v) is 4.21. The molecule has 0 amide bonds. The Hall–Kier alpha value is -0.220. The quantitative estimate of drug-likeness (QED) is 0.433. The summed E-state index contributed by atoms with van der Waals surface area (Å²) in [6.07, 6.45) is 0.887. The van der Waals surface area contributed by atoms with Gasteiger partial charge in [0.2, 0.25) is 0 Å². The minimum absolute atomic E-state index is 0.124. The first-order valence-electron chi connectivity index (χ1n) is 4.18. The van der Waals surface area contributed by atoms with Gasteiger partial charge in [0, 0.05) is 6.61 Å². The molecular formula is C8H18N2OS. The van der Waals surface area contributed by atoms with E-state index in [2.05, 4.69) is 0 Å². The molecule has 0 fully saturated rings. The van der Waals surface area contributed by atoms with Crippen molar-refractivity contribution >= 4 is 17.6 Å². The highest BCUT2D eigenvalue weighted by atomic mass is 32.2. The van der Waals surface area contributed by atoms with Gasteiger partial charge in [0.05, 0.1) is 5.25 Å². The number of aliphatic hydroxyl groups is 1. The van der Waals surface area contributed by atoms with Crippen LogP contribution in [-0.2, 0) is 0 Å². The van der Waals surface area contributed by atoms with Crippen LogP contribution < -0.4 is 5.73 Å². The molecular weight excluding hydrogens is 172 g/mol. The summed E-state index contributed by atoms with van der Waals surface area (Å²) in [4.78, 5) is 0. The van der Waals surface area contributed by atoms with Gasteiger partial charge in [-0.3, -0.25) is 5.41 Å². The zero-order valence-corrected chi connectivity index (χ0v) is 8.53. The second-order valence-electron chi connectivity index (χ2n) is 2.97. The Morgan fingerprint density at radius 1 is 1.67 bits per heavy atom. The maximum Gasteiger partial charge on any atom is 0.104 e. The molecule has 0 aliphatic carbocycles. The summed E-state index contributed by atoms with van der Waals surface area (Å²) < 4.78 is 0. The first-order chi connectivity index (χ1) is 5.61. The Labute approximate surface area is 78.2 Å². The smallest absolute Gasteiger partial charge is 0.104 e. The number of nitrogens with one attached hydrogen (secondary N) is 1. The van der Waals surface area contributed by atoms with Crippen LogP contribution in [0.3, 0.4) is 0 Å². The van der Waals surface area contributed by atoms with Crippen molar-refractivity contribution in [2.24, 2.45) is 11.7 Å². The largest absolute Gasteiger partial charge is 0.396 e. The lowest BCUT2D eigenvalue weighted by molar-refractivity contribution is 0.250. The maximum absolute atomic E-state index is 8.76. The first-order valence-corrected chi connectivity index (χ1v) is 5.23. The van der Waals surface area contributed by atoms with E-state index in [-0.39, 0.29) is 17.7 Å². The van der Waals surface area contributed by atoms with E-state index in [0.717, 1.165) is 12.2 Å². The van der Waals surface area contributed by atoms with Gasteiger partial charge in [-0.1, -0.05) is 13.8 Å². The third-order valence-corrected chi connectivity index (χ3v) is 3.36. The molecule has 3 nitrogen and oxygen atoms in total. The predicted molar refractivity (Wildman–Crippen MR) is 54.7 cm³/mol. The summed E-state index contributed by atoms with van der Waals surface area (Å²) in [6.45, 7) is 4.21. The van der Waals surface area contributed by atoms with E-state index in [9.17, 15) is 0 Å². The average Bonchev–Trinajstić information content (AvgIpc) is 2.04. The van der Waals surface area contributed by atoms with Crippen LogP contribution >= 0.6 is 11.8 Å². The van der Waals surface area contributed by atoms with E-state index >= 15 is 0 Å². The van der Waals surface area contributed by atoms with Crippen LogP contribution in [-0.4, -0.2) is 28.6 Å². The van der Waals surface area contributed by atoms with Gasteiger partial charge in [-0.2, -0.15) is 11.8 Å². The van der Waals surface area contributed by atoms with Crippen LogP contribution in [0.25, 0.3) is 0 Å². The van der Waals surface area contributed by atoms with Crippen molar-refractivity contribution in [2.75, 3.05) is 12.4 Å². The van der Waals surface area contributed by atoms with Gasteiger partial charge in [0.1, 0.15) is 5.84 Å². The lowest BCUT2D eigenvalue weighted by Crippen LogP contribution is -2.25. The summed E-state index contributed by atoms with van der Waals surface area (Å²) in [7, 11) is 0. The SMILES string of the molecule is CCC(SCC(C)CO)C(=N)N. The molecule has 72 valence electrons. The topological polar surface area (TPSA) is 70.1 Å². The van der Waals surface area contributed by atoms with E-state index in [0.29, 0.717) is 5.92 Å².